The van der Waals surface area contributed by atoms with E-state index in [1.165, 1.54) is 51.9 Å². The quantitative estimate of drug-likeness (QED) is 0.660. The van der Waals surface area contributed by atoms with Crippen molar-refractivity contribution >= 4 is 0 Å². The van der Waals surface area contributed by atoms with E-state index < -0.39 is 0 Å². The molecule has 0 radical (unpaired) electrons. The second kappa shape index (κ2) is 4.43. The average molecular weight is 182 g/mol. The van der Waals surface area contributed by atoms with Crippen molar-refractivity contribution in [2.24, 2.45) is 5.92 Å². The molecule has 13 heavy (non-hydrogen) atoms. The Morgan fingerprint density at radius 2 is 2.23 bits per heavy atom. The maximum atomic E-state index is 3.56. The van der Waals surface area contributed by atoms with Crippen molar-refractivity contribution in [1.29, 1.82) is 0 Å². The minimum atomic E-state index is 0.897. The maximum Gasteiger partial charge on any atom is 0.0136 e. The highest BCUT2D eigenvalue weighted by atomic mass is 15.2. The van der Waals surface area contributed by atoms with Crippen LogP contribution in [0.15, 0.2) is 0 Å². The van der Waals surface area contributed by atoms with Crippen LogP contribution in [0.3, 0.4) is 0 Å². The van der Waals surface area contributed by atoms with E-state index in [1.807, 2.05) is 0 Å². The Labute approximate surface area is 81.7 Å². The summed E-state index contributed by atoms with van der Waals surface area (Å²) in [6, 6.07) is 0.897. The van der Waals surface area contributed by atoms with Gasteiger partial charge in [-0.3, -0.25) is 0 Å². The van der Waals surface area contributed by atoms with Crippen LogP contribution in [0, 0.1) is 5.92 Å². The lowest BCUT2D eigenvalue weighted by Gasteiger charge is -2.40. The lowest BCUT2D eigenvalue weighted by molar-refractivity contribution is 0.0981. The number of piperidine rings is 1. The van der Waals surface area contributed by atoms with Crippen LogP contribution in [0.2, 0.25) is 0 Å². The molecule has 2 rings (SSSR count). The van der Waals surface area contributed by atoms with Gasteiger partial charge in [0.1, 0.15) is 0 Å². The molecular weight excluding hydrogens is 160 g/mol. The van der Waals surface area contributed by atoms with Gasteiger partial charge in [-0.05, 0) is 57.8 Å². The van der Waals surface area contributed by atoms with Gasteiger partial charge in [0, 0.05) is 6.04 Å². The molecule has 2 fully saturated rings. The highest BCUT2D eigenvalue weighted by molar-refractivity contribution is 4.86. The maximum absolute atomic E-state index is 3.56. The summed E-state index contributed by atoms with van der Waals surface area (Å²) in [4.78, 5) is 2.70. The molecule has 2 heterocycles. The minimum Gasteiger partial charge on any atom is -0.316 e. The Hall–Kier alpha value is -0.0800. The summed E-state index contributed by atoms with van der Waals surface area (Å²) in [6.07, 6.45) is 5.66. The molecular formula is C11H22N2. The highest BCUT2D eigenvalue weighted by Crippen LogP contribution is 2.27. The van der Waals surface area contributed by atoms with Gasteiger partial charge in [-0.25, -0.2) is 0 Å². The molecule has 0 aromatic carbocycles. The van der Waals surface area contributed by atoms with Crippen LogP contribution >= 0.6 is 0 Å². The number of hydrogen-bond acceptors (Lipinski definition) is 2. The molecule has 76 valence electrons. The summed E-state index contributed by atoms with van der Waals surface area (Å²) in [5, 5.41) is 3.56. The Morgan fingerprint density at radius 1 is 1.31 bits per heavy atom. The van der Waals surface area contributed by atoms with Gasteiger partial charge in [0.25, 0.3) is 0 Å². The van der Waals surface area contributed by atoms with Crippen molar-refractivity contribution < 1.29 is 0 Å². The molecule has 0 saturated carbocycles. The van der Waals surface area contributed by atoms with Crippen molar-refractivity contribution in [2.45, 2.75) is 38.6 Å². The number of nitrogens with zero attached hydrogens (tertiary/aromatic N) is 1. The Kier molecular flexibility index (Phi) is 3.23. The molecule has 0 spiro atoms. The fraction of sp³-hybridized carbons (Fsp3) is 1.00. The molecule has 0 aromatic heterocycles. The van der Waals surface area contributed by atoms with E-state index in [4.69, 9.17) is 0 Å². The number of likely N-dealkylation sites (tertiary alicyclic amines) is 1. The van der Waals surface area contributed by atoms with Crippen LogP contribution in [-0.2, 0) is 0 Å². The largest absolute Gasteiger partial charge is 0.316 e. The molecule has 0 amide bonds. The van der Waals surface area contributed by atoms with Crippen LogP contribution in [0.1, 0.15) is 32.6 Å². The first kappa shape index (κ1) is 9.47. The van der Waals surface area contributed by atoms with Crippen molar-refractivity contribution in [3.8, 4) is 0 Å². The number of nitrogens with one attached hydrogen (secondary N) is 1. The minimum absolute atomic E-state index is 0.897. The van der Waals surface area contributed by atoms with Gasteiger partial charge < -0.3 is 10.2 Å². The highest BCUT2D eigenvalue weighted by Gasteiger charge is 2.30. The number of fused-ring (bicyclic) bond motifs is 1. The van der Waals surface area contributed by atoms with Crippen molar-refractivity contribution in [1.82, 2.24) is 10.2 Å². The molecule has 1 N–H and O–H groups in total. The molecule has 2 aliphatic rings. The predicted molar refractivity (Wildman–Crippen MR) is 55.9 cm³/mol. The van der Waals surface area contributed by atoms with Gasteiger partial charge in [0.2, 0.25) is 0 Å². The van der Waals surface area contributed by atoms with Crippen LogP contribution in [0.4, 0.5) is 0 Å². The van der Waals surface area contributed by atoms with Gasteiger partial charge >= 0.3 is 0 Å². The van der Waals surface area contributed by atoms with Crippen molar-refractivity contribution in [3.63, 3.8) is 0 Å². The third-order valence-electron chi connectivity index (χ3n) is 3.70. The fourth-order valence-corrected chi connectivity index (χ4v) is 2.99. The molecule has 2 saturated heterocycles. The Morgan fingerprint density at radius 3 is 3.08 bits per heavy atom. The van der Waals surface area contributed by atoms with Crippen LogP contribution in [0.25, 0.3) is 0 Å². The third-order valence-corrected chi connectivity index (χ3v) is 3.70. The summed E-state index contributed by atoms with van der Waals surface area (Å²) < 4.78 is 0. The van der Waals surface area contributed by atoms with Gasteiger partial charge in [0.15, 0.2) is 0 Å². The molecule has 2 aliphatic heterocycles. The zero-order chi connectivity index (χ0) is 9.10. The second-order valence-electron chi connectivity index (χ2n) is 4.44. The molecule has 2 atom stereocenters. The smallest absolute Gasteiger partial charge is 0.0136 e. The second-order valence-corrected chi connectivity index (χ2v) is 4.44. The first-order valence-electron chi connectivity index (χ1n) is 5.86. The molecule has 0 aromatic rings. The topological polar surface area (TPSA) is 15.3 Å². The first-order chi connectivity index (χ1) is 6.42. The monoisotopic (exact) mass is 182 g/mol. The van der Waals surface area contributed by atoms with Crippen LogP contribution in [0.5, 0.6) is 0 Å². The zero-order valence-electron chi connectivity index (χ0n) is 8.76. The zero-order valence-corrected chi connectivity index (χ0v) is 8.76. The van der Waals surface area contributed by atoms with E-state index in [0.29, 0.717) is 0 Å². The van der Waals surface area contributed by atoms with E-state index in [1.54, 1.807) is 0 Å². The lowest BCUT2D eigenvalue weighted by Crippen LogP contribution is -2.46. The van der Waals surface area contributed by atoms with E-state index in [-0.39, 0.29) is 0 Å². The van der Waals surface area contributed by atoms with Crippen molar-refractivity contribution in [2.75, 3.05) is 26.2 Å². The van der Waals surface area contributed by atoms with E-state index >= 15 is 0 Å². The van der Waals surface area contributed by atoms with Gasteiger partial charge in [-0.15, -0.1) is 0 Å². The lowest BCUT2D eigenvalue weighted by atomic mass is 9.87. The molecule has 2 nitrogen and oxygen atoms in total. The SMILES string of the molecule is CCN1CCCC2CNCCCC21. The molecule has 0 aliphatic carbocycles. The summed E-state index contributed by atoms with van der Waals surface area (Å²) >= 11 is 0. The van der Waals surface area contributed by atoms with Gasteiger partial charge in [0.05, 0.1) is 0 Å². The molecule has 2 heteroatoms. The van der Waals surface area contributed by atoms with Crippen LogP contribution in [-0.4, -0.2) is 37.1 Å². The standard InChI is InChI=1S/C11H22N2/c1-2-13-8-4-5-10-9-12-7-3-6-11(10)13/h10-12H,2-9H2,1H3. The van der Waals surface area contributed by atoms with E-state index in [0.717, 1.165) is 12.0 Å². The normalized spacial score (nSPS) is 36.7. The fourth-order valence-electron chi connectivity index (χ4n) is 2.99. The van der Waals surface area contributed by atoms with Crippen LogP contribution < -0.4 is 5.32 Å². The molecule has 0 bridgehead atoms. The summed E-state index contributed by atoms with van der Waals surface area (Å²) in [6.45, 7) is 7.41. The summed E-state index contributed by atoms with van der Waals surface area (Å²) in [5.74, 6) is 0.941. The summed E-state index contributed by atoms with van der Waals surface area (Å²) in [7, 11) is 0. The first-order valence-corrected chi connectivity index (χ1v) is 5.86. The van der Waals surface area contributed by atoms with E-state index in [9.17, 15) is 0 Å². The number of rotatable bonds is 1. The average Bonchev–Trinajstić information content (AvgIpc) is 2.41. The number of hydrogen-bond donors (Lipinski definition) is 1. The predicted octanol–water partition coefficient (Wildman–Crippen LogP) is 1.47. The molecule has 2 unspecified atom stereocenters. The summed E-state index contributed by atoms with van der Waals surface area (Å²) in [5.41, 5.74) is 0. The van der Waals surface area contributed by atoms with Gasteiger partial charge in [-0.1, -0.05) is 6.92 Å². The third kappa shape index (κ3) is 2.05. The van der Waals surface area contributed by atoms with Gasteiger partial charge in [-0.2, -0.15) is 0 Å². The Bertz CT molecular complexity index is 158. The van der Waals surface area contributed by atoms with E-state index in [2.05, 4.69) is 17.1 Å². The Balaban J connectivity index is 2.00. The van der Waals surface area contributed by atoms with Crippen molar-refractivity contribution in [3.05, 3.63) is 0 Å².